The minimum absolute atomic E-state index is 0.0813. The van der Waals surface area contributed by atoms with Gasteiger partial charge in [0.15, 0.2) is 0 Å². The molecule has 2 atom stereocenters. The van der Waals surface area contributed by atoms with Crippen LogP contribution in [-0.2, 0) is 22.4 Å². The molecule has 35 heavy (non-hydrogen) atoms. The number of amides is 2. The van der Waals surface area contributed by atoms with Crippen molar-refractivity contribution in [2.75, 3.05) is 6.54 Å². The Hall–Kier alpha value is -2.88. The Balaban J connectivity index is 1.68. The van der Waals surface area contributed by atoms with Crippen LogP contribution in [0.2, 0.25) is 0 Å². The number of hydrogen-bond donors (Lipinski definition) is 2. The first kappa shape index (κ1) is 26.7. The van der Waals surface area contributed by atoms with E-state index < -0.39 is 17.6 Å². The van der Waals surface area contributed by atoms with Crippen LogP contribution in [0.1, 0.15) is 38.3 Å². The van der Waals surface area contributed by atoms with E-state index in [0.717, 1.165) is 16.0 Å². The molecule has 190 valence electrons. The van der Waals surface area contributed by atoms with Crippen molar-refractivity contribution in [2.45, 2.75) is 62.6 Å². The lowest BCUT2D eigenvalue weighted by atomic mass is 10.1. The van der Waals surface area contributed by atoms with Gasteiger partial charge in [-0.25, -0.2) is 4.79 Å². The minimum atomic E-state index is -4.78. The van der Waals surface area contributed by atoms with Crippen LogP contribution in [0.5, 0.6) is 0 Å². The summed E-state index contributed by atoms with van der Waals surface area (Å²) >= 11 is 1.28. The van der Waals surface area contributed by atoms with Gasteiger partial charge in [-0.05, 0) is 73.6 Å². The van der Waals surface area contributed by atoms with Gasteiger partial charge >= 0.3 is 18.4 Å². The first-order valence-electron chi connectivity index (χ1n) is 11.3. The number of thioether (sulfide) groups is 1. The summed E-state index contributed by atoms with van der Waals surface area (Å²) < 4.78 is 41.5. The standard InChI is InChI=1S/C25H29F3N2O4S/c1-15(2)14-30(24(33)29-19-5-4-6-21(9-8-19)34-25(26,27)28)20-11-17-7-10-22(13-18(17)12-20)35-16(3)23(31)32/h5-10,13,15-16,20H,4,11-12,14H2,1-3H3,(H,29,33)(H,31,32). The zero-order valence-electron chi connectivity index (χ0n) is 19.8. The van der Waals surface area contributed by atoms with Crippen molar-refractivity contribution in [1.82, 2.24) is 10.2 Å². The fourth-order valence-corrected chi connectivity index (χ4v) is 4.88. The molecule has 10 heteroatoms. The van der Waals surface area contributed by atoms with Crippen LogP contribution in [0, 0.1) is 5.92 Å². The van der Waals surface area contributed by atoms with Crippen molar-refractivity contribution in [2.24, 2.45) is 5.92 Å². The number of alkyl halides is 3. The molecule has 2 amide bonds. The van der Waals surface area contributed by atoms with Crippen molar-refractivity contribution in [3.63, 3.8) is 0 Å². The van der Waals surface area contributed by atoms with Gasteiger partial charge in [0, 0.05) is 23.2 Å². The van der Waals surface area contributed by atoms with Crippen molar-refractivity contribution >= 4 is 23.8 Å². The van der Waals surface area contributed by atoms with E-state index in [1.807, 2.05) is 32.0 Å². The number of fused-ring (bicyclic) bond motifs is 1. The zero-order valence-corrected chi connectivity index (χ0v) is 20.6. The van der Waals surface area contributed by atoms with Crippen molar-refractivity contribution in [3.05, 3.63) is 65.1 Å². The van der Waals surface area contributed by atoms with Crippen LogP contribution >= 0.6 is 11.8 Å². The van der Waals surface area contributed by atoms with E-state index in [9.17, 15) is 27.9 Å². The third-order valence-electron chi connectivity index (χ3n) is 5.58. The lowest BCUT2D eigenvalue weighted by Crippen LogP contribution is -2.47. The summed E-state index contributed by atoms with van der Waals surface area (Å²) in [7, 11) is 0. The summed E-state index contributed by atoms with van der Waals surface area (Å²) in [5, 5.41) is 11.4. The number of urea groups is 1. The number of aliphatic carboxylic acids is 1. The normalized spacial score (nSPS) is 18.3. The van der Waals surface area contributed by atoms with Crippen LogP contribution in [0.4, 0.5) is 18.0 Å². The summed E-state index contributed by atoms with van der Waals surface area (Å²) in [6.45, 7) is 6.18. The van der Waals surface area contributed by atoms with Gasteiger partial charge in [-0.15, -0.1) is 24.9 Å². The highest BCUT2D eigenvalue weighted by molar-refractivity contribution is 8.00. The highest BCUT2D eigenvalue weighted by Gasteiger charge is 2.32. The second-order valence-corrected chi connectivity index (χ2v) is 10.4. The SMILES string of the molecule is CC(C)CN(C(=O)NC1=CCC=C(OC(F)(F)F)C=C1)C1Cc2ccc(SC(C)C(=O)O)cc2C1. The number of carboxylic acid groups (broad SMARTS) is 1. The predicted octanol–water partition coefficient (Wildman–Crippen LogP) is 5.65. The maximum absolute atomic E-state index is 13.2. The fraction of sp³-hybridized carbons (Fsp3) is 0.440. The monoisotopic (exact) mass is 510 g/mol. The van der Waals surface area contributed by atoms with E-state index in [2.05, 4.69) is 10.1 Å². The zero-order chi connectivity index (χ0) is 25.8. The van der Waals surface area contributed by atoms with Gasteiger partial charge in [-0.3, -0.25) is 4.79 Å². The second kappa shape index (κ2) is 11.2. The van der Waals surface area contributed by atoms with Crippen LogP contribution in [-0.4, -0.2) is 46.2 Å². The average molecular weight is 511 g/mol. The molecule has 0 saturated carbocycles. The molecule has 6 nitrogen and oxygen atoms in total. The smallest absolute Gasteiger partial charge is 0.480 e. The molecule has 2 aliphatic carbocycles. The number of carboxylic acids is 1. The quantitative estimate of drug-likeness (QED) is 0.442. The van der Waals surface area contributed by atoms with E-state index >= 15 is 0 Å². The van der Waals surface area contributed by atoms with Gasteiger partial charge in [0.05, 0.1) is 0 Å². The molecule has 2 unspecified atom stereocenters. The Kier molecular flexibility index (Phi) is 8.58. The van der Waals surface area contributed by atoms with Gasteiger partial charge in [-0.2, -0.15) is 0 Å². The lowest BCUT2D eigenvalue weighted by molar-refractivity contribution is -0.303. The summed E-state index contributed by atoms with van der Waals surface area (Å²) in [5.41, 5.74) is 2.61. The van der Waals surface area contributed by atoms with Gasteiger partial charge < -0.3 is 20.1 Å². The maximum atomic E-state index is 13.2. The Labute approximate surface area is 206 Å². The molecule has 0 radical (unpaired) electrons. The molecular weight excluding hydrogens is 481 g/mol. The van der Waals surface area contributed by atoms with E-state index in [-0.39, 0.29) is 30.2 Å². The Morgan fingerprint density at radius 3 is 2.54 bits per heavy atom. The van der Waals surface area contributed by atoms with Crippen molar-refractivity contribution in [1.29, 1.82) is 0 Å². The molecule has 0 aromatic heterocycles. The van der Waals surface area contributed by atoms with E-state index in [4.69, 9.17) is 0 Å². The van der Waals surface area contributed by atoms with E-state index in [1.165, 1.54) is 30.0 Å². The molecule has 0 spiro atoms. The lowest BCUT2D eigenvalue weighted by Gasteiger charge is -2.31. The summed E-state index contributed by atoms with van der Waals surface area (Å²) in [6.07, 6.45) is 2.23. The Bertz CT molecular complexity index is 1050. The third kappa shape index (κ3) is 7.81. The number of carbonyl (C=O) groups excluding carboxylic acids is 1. The summed E-state index contributed by atoms with van der Waals surface area (Å²) in [5.74, 6) is -0.990. The molecule has 0 aliphatic heterocycles. The van der Waals surface area contributed by atoms with Crippen LogP contribution < -0.4 is 5.32 Å². The number of ether oxygens (including phenoxy) is 1. The number of carbonyl (C=O) groups is 2. The van der Waals surface area contributed by atoms with Gasteiger partial charge in [0.25, 0.3) is 0 Å². The molecule has 1 aromatic rings. The summed E-state index contributed by atoms with van der Waals surface area (Å²) in [6, 6.07) is 5.49. The van der Waals surface area contributed by atoms with E-state index in [1.54, 1.807) is 17.9 Å². The molecule has 3 rings (SSSR count). The molecule has 0 fully saturated rings. The predicted molar refractivity (Wildman–Crippen MR) is 128 cm³/mol. The highest BCUT2D eigenvalue weighted by Crippen LogP contribution is 2.32. The minimum Gasteiger partial charge on any atom is -0.480 e. The topological polar surface area (TPSA) is 78.9 Å². The molecule has 0 bridgehead atoms. The van der Waals surface area contributed by atoms with Crippen molar-refractivity contribution in [3.8, 4) is 0 Å². The van der Waals surface area contributed by atoms with Gasteiger partial charge in [0.2, 0.25) is 0 Å². The van der Waals surface area contributed by atoms with Gasteiger partial charge in [-0.1, -0.05) is 26.0 Å². The number of nitrogens with zero attached hydrogens (tertiary/aromatic N) is 1. The number of hydrogen-bond acceptors (Lipinski definition) is 4. The van der Waals surface area contributed by atoms with Crippen LogP contribution in [0.3, 0.4) is 0 Å². The second-order valence-electron chi connectivity index (χ2n) is 8.95. The number of halogens is 3. The number of rotatable bonds is 8. The first-order valence-corrected chi connectivity index (χ1v) is 12.2. The fourth-order valence-electron chi connectivity index (χ4n) is 4.02. The maximum Gasteiger partial charge on any atom is 0.573 e. The largest absolute Gasteiger partial charge is 0.573 e. The molecule has 0 heterocycles. The number of nitrogens with one attached hydrogen (secondary N) is 1. The van der Waals surface area contributed by atoms with Crippen LogP contribution in [0.15, 0.2) is 58.9 Å². The Morgan fingerprint density at radius 1 is 1.17 bits per heavy atom. The molecule has 0 saturated heterocycles. The average Bonchev–Trinajstić information content (AvgIpc) is 3.05. The van der Waals surface area contributed by atoms with Gasteiger partial charge in [0.1, 0.15) is 11.0 Å². The molecule has 2 N–H and O–H groups in total. The molecular formula is C25H29F3N2O4S. The Morgan fingerprint density at radius 2 is 1.89 bits per heavy atom. The molecule has 1 aromatic carbocycles. The van der Waals surface area contributed by atoms with E-state index in [0.29, 0.717) is 25.1 Å². The van der Waals surface area contributed by atoms with Crippen molar-refractivity contribution < 1.29 is 32.6 Å². The number of allylic oxidation sites excluding steroid dienone is 4. The highest BCUT2D eigenvalue weighted by atomic mass is 32.2. The summed E-state index contributed by atoms with van der Waals surface area (Å²) in [4.78, 5) is 27.1. The number of benzene rings is 1. The third-order valence-corrected chi connectivity index (χ3v) is 6.66. The molecule has 2 aliphatic rings. The first-order chi connectivity index (χ1) is 16.4. The van der Waals surface area contributed by atoms with Crippen LogP contribution in [0.25, 0.3) is 0 Å².